The average Bonchev–Trinajstić information content (AvgIpc) is 2.48. The molecule has 3 heteroatoms. The van der Waals surface area contributed by atoms with E-state index in [0.717, 1.165) is 11.9 Å². The Balaban J connectivity index is 2.45. The lowest BCUT2D eigenvalue weighted by Crippen LogP contribution is -2.09. The lowest BCUT2D eigenvalue weighted by Gasteiger charge is -2.18. The molecule has 2 rings (SSSR count). The van der Waals surface area contributed by atoms with Crippen LogP contribution >= 0.6 is 0 Å². The Morgan fingerprint density at radius 2 is 2.07 bits per heavy atom. The van der Waals surface area contributed by atoms with Crippen LogP contribution in [-0.4, -0.2) is 4.98 Å². The van der Waals surface area contributed by atoms with E-state index >= 15 is 0 Å². The topological polar surface area (TPSA) is 52.0 Å². The molecular weight excluding hydrogens is 188 g/mol. The van der Waals surface area contributed by atoms with Gasteiger partial charge in [0.1, 0.15) is 5.52 Å². The summed E-state index contributed by atoms with van der Waals surface area (Å²) in [4.78, 5) is 4.12. The maximum atomic E-state index is 5.89. The number of oxazole rings is 1. The van der Waals surface area contributed by atoms with Crippen LogP contribution in [0.3, 0.4) is 0 Å². The monoisotopic (exact) mass is 204 g/mol. The van der Waals surface area contributed by atoms with Crippen molar-refractivity contribution in [2.75, 3.05) is 5.73 Å². The van der Waals surface area contributed by atoms with Gasteiger partial charge in [-0.3, -0.25) is 0 Å². The van der Waals surface area contributed by atoms with Gasteiger partial charge in [0.25, 0.3) is 0 Å². The number of nitrogens with two attached hydrogens (primary N) is 1. The number of benzene rings is 1. The number of hydrogen-bond donors (Lipinski definition) is 1. The van der Waals surface area contributed by atoms with Gasteiger partial charge in [-0.25, -0.2) is 4.98 Å². The molecule has 1 heterocycles. The van der Waals surface area contributed by atoms with Crippen LogP contribution < -0.4 is 5.73 Å². The molecule has 0 unspecified atom stereocenters. The molecule has 2 N–H and O–H groups in total. The second-order valence-corrected chi connectivity index (χ2v) is 5.12. The Labute approximate surface area is 89.3 Å². The highest BCUT2D eigenvalue weighted by Gasteiger charge is 2.13. The second kappa shape index (κ2) is 3.26. The maximum absolute atomic E-state index is 5.89. The zero-order valence-corrected chi connectivity index (χ0v) is 9.37. The fourth-order valence-corrected chi connectivity index (χ4v) is 1.77. The van der Waals surface area contributed by atoms with E-state index in [2.05, 4.69) is 25.8 Å². The van der Waals surface area contributed by atoms with Crippen molar-refractivity contribution in [1.29, 1.82) is 0 Å². The normalized spacial score (nSPS) is 12.2. The molecule has 0 saturated heterocycles. The summed E-state index contributed by atoms with van der Waals surface area (Å²) in [6, 6.07) is 4.01. The first-order valence-corrected chi connectivity index (χ1v) is 5.07. The minimum Gasteiger partial charge on any atom is -0.441 e. The lowest BCUT2D eigenvalue weighted by molar-refractivity contribution is 0.411. The number of nitrogens with zero attached hydrogens (tertiary/aromatic N) is 1. The van der Waals surface area contributed by atoms with Crippen LogP contribution in [0.2, 0.25) is 0 Å². The third kappa shape index (κ3) is 2.12. The summed E-state index contributed by atoms with van der Waals surface area (Å²) >= 11 is 0. The third-order valence-electron chi connectivity index (χ3n) is 2.25. The molecule has 2 aromatic rings. The zero-order chi connectivity index (χ0) is 11.1. The largest absolute Gasteiger partial charge is 0.441 e. The van der Waals surface area contributed by atoms with Gasteiger partial charge in [0, 0.05) is 0 Å². The Morgan fingerprint density at radius 1 is 1.33 bits per heavy atom. The summed E-state index contributed by atoms with van der Waals surface area (Å²) < 4.78 is 5.20. The smallest absolute Gasteiger partial charge is 0.182 e. The van der Waals surface area contributed by atoms with Gasteiger partial charge in [-0.2, -0.15) is 0 Å². The number of fused-ring (bicyclic) bond motifs is 1. The molecule has 15 heavy (non-hydrogen) atoms. The van der Waals surface area contributed by atoms with Gasteiger partial charge in [0.15, 0.2) is 12.0 Å². The minimum atomic E-state index is 0.254. The Kier molecular flexibility index (Phi) is 2.18. The Hall–Kier alpha value is -1.51. The van der Waals surface area contributed by atoms with Gasteiger partial charge in [-0.1, -0.05) is 20.8 Å². The van der Waals surface area contributed by atoms with Crippen LogP contribution in [0.1, 0.15) is 26.3 Å². The molecule has 0 bridgehead atoms. The SMILES string of the molecule is CC(C)(C)Cc1cc(N)c2ocnc2c1. The molecule has 80 valence electrons. The van der Waals surface area contributed by atoms with Crippen molar-refractivity contribution in [2.24, 2.45) is 5.41 Å². The van der Waals surface area contributed by atoms with Crippen molar-refractivity contribution in [1.82, 2.24) is 4.98 Å². The van der Waals surface area contributed by atoms with Crippen LogP contribution in [-0.2, 0) is 6.42 Å². The predicted octanol–water partition coefficient (Wildman–Crippen LogP) is 3.00. The summed E-state index contributed by atoms with van der Waals surface area (Å²) in [7, 11) is 0. The highest BCUT2D eigenvalue weighted by Crippen LogP contribution is 2.26. The van der Waals surface area contributed by atoms with E-state index in [4.69, 9.17) is 10.2 Å². The van der Waals surface area contributed by atoms with Crippen molar-refractivity contribution in [3.63, 3.8) is 0 Å². The Morgan fingerprint density at radius 3 is 2.73 bits per heavy atom. The first-order chi connectivity index (χ1) is 6.96. The van der Waals surface area contributed by atoms with Gasteiger partial charge in [0.2, 0.25) is 0 Å². The molecule has 1 aromatic heterocycles. The van der Waals surface area contributed by atoms with Crippen molar-refractivity contribution < 1.29 is 4.42 Å². The summed E-state index contributed by atoms with van der Waals surface area (Å²) in [6.07, 6.45) is 2.42. The predicted molar refractivity (Wildman–Crippen MR) is 61.6 cm³/mol. The number of hydrogen-bond acceptors (Lipinski definition) is 3. The van der Waals surface area contributed by atoms with E-state index < -0.39 is 0 Å². The highest BCUT2D eigenvalue weighted by molar-refractivity contribution is 5.85. The summed E-state index contributed by atoms with van der Waals surface area (Å²) in [5, 5.41) is 0. The lowest BCUT2D eigenvalue weighted by atomic mass is 9.88. The van der Waals surface area contributed by atoms with Gasteiger partial charge >= 0.3 is 0 Å². The fraction of sp³-hybridized carbons (Fsp3) is 0.417. The van der Waals surface area contributed by atoms with Crippen molar-refractivity contribution >= 4 is 16.8 Å². The van der Waals surface area contributed by atoms with Gasteiger partial charge in [0.05, 0.1) is 5.69 Å². The molecule has 0 spiro atoms. The van der Waals surface area contributed by atoms with Crippen LogP contribution in [0.25, 0.3) is 11.1 Å². The molecule has 0 aliphatic carbocycles. The summed E-state index contributed by atoms with van der Waals surface area (Å²) in [5.74, 6) is 0. The van der Waals surface area contributed by atoms with E-state index in [9.17, 15) is 0 Å². The molecule has 0 amide bonds. The maximum Gasteiger partial charge on any atom is 0.182 e. The van der Waals surface area contributed by atoms with Crippen LogP contribution in [0.4, 0.5) is 5.69 Å². The molecule has 3 nitrogen and oxygen atoms in total. The highest BCUT2D eigenvalue weighted by atomic mass is 16.3. The molecule has 1 aromatic carbocycles. The average molecular weight is 204 g/mol. The molecule has 0 saturated carbocycles. The number of aromatic nitrogens is 1. The summed E-state index contributed by atoms with van der Waals surface area (Å²) in [5.41, 5.74) is 9.55. The van der Waals surface area contributed by atoms with Crippen LogP contribution in [0.15, 0.2) is 22.9 Å². The molecular formula is C12H16N2O. The zero-order valence-electron chi connectivity index (χ0n) is 9.37. The third-order valence-corrected chi connectivity index (χ3v) is 2.25. The molecule has 0 fully saturated rings. The van der Waals surface area contributed by atoms with E-state index in [1.165, 1.54) is 12.0 Å². The second-order valence-electron chi connectivity index (χ2n) is 5.12. The van der Waals surface area contributed by atoms with E-state index in [1.54, 1.807) is 0 Å². The van der Waals surface area contributed by atoms with Gasteiger partial charge in [-0.15, -0.1) is 0 Å². The quantitative estimate of drug-likeness (QED) is 0.726. The fourth-order valence-electron chi connectivity index (χ4n) is 1.77. The van der Waals surface area contributed by atoms with Crippen molar-refractivity contribution in [3.8, 4) is 0 Å². The minimum absolute atomic E-state index is 0.254. The van der Waals surface area contributed by atoms with E-state index in [0.29, 0.717) is 11.3 Å². The molecule has 0 aliphatic heterocycles. The standard InChI is InChI=1S/C12H16N2O/c1-12(2,3)6-8-4-9(13)11-10(5-8)14-7-15-11/h4-5,7H,6,13H2,1-3H3. The van der Waals surface area contributed by atoms with Gasteiger partial charge < -0.3 is 10.2 Å². The van der Waals surface area contributed by atoms with Crippen LogP contribution in [0.5, 0.6) is 0 Å². The number of rotatable bonds is 1. The number of nitrogen functional groups attached to an aromatic ring is 1. The molecule has 0 radical (unpaired) electrons. The Bertz CT molecular complexity index is 480. The van der Waals surface area contributed by atoms with Crippen LogP contribution in [0, 0.1) is 5.41 Å². The van der Waals surface area contributed by atoms with E-state index in [1.807, 2.05) is 12.1 Å². The first-order valence-electron chi connectivity index (χ1n) is 5.07. The number of anilines is 1. The van der Waals surface area contributed by atoms with Crippen molar-refractivity contribution in [2.45, 2.75) is 27.2 Å². The molecule has 0 atom stereocenters. The molecule has 0 aliphatic rings. The van der Waals surface area contributed by atoms with Crippen molar-refractivity contribution in [3.05, 3.63) is 24.1 Å². The van der Waals surface area contributed by atoms with Gasteiger partial charge in [-0.05, 0) is 29.5 Å². The first kappa shape index (κ1) is 10.0. The van der Waals surface area contributed by atoms with E-state index in [-0.39, 0.29) is 5.41 Å². The summed E-state index contributed by atoms with van der Waals surface area (Å²) in [6.45, 7) is 6.61.